The van der Waals surface area contributed by atoms with Gasteiger partial charge in [-0.1, -0.05) is 6.07 Å². The van der Waals surface area contributed by atoms with Crippen LogP contribution < -0.4 is 10.6 Å². The number of nitrogens with zero attached hydrogens (tertiary/aromatic N) is 2. The number of nitrogens with one attached hydrogen (secondary N) is 2. The highest BCUT2D eigenvalue weighted by Gasteiger charge is 2.34. The second kappa shape index (κ2) is 10.8. The van der Waals surface area contributed by atoms with Crippen molar-refractivity contribution >= 4 is 17.4 Å². The molecular formula is C26H27F3N4O4. The Labute approximate surface area is 211 Å². The standard InChI is InChI=1S/C26H27F3N4O4/c1-16-2-3-19(32-24(35)17-4-7-30-22(12-17)26(27,28)29)15-20(16)18-13-21(25(36)5-10-37-11-6-25)33-23(14-18)31-8-9-34/h2-4,7,12-15,34,36H,5-6,8-11H2,1H3,(H,31,33)(H,32,35). The Morgan fingerprint density at radius 3 is 2.59 bits per heavy atom. The van der Waals surface area contributed by atoms with Crippen molar-refractivity contribution in [2.24, 2.45) is 0 Å². The molecule has 2 aromatic heterocycles. The zero-order valence-corrected chi connectivity index (χ0v) is 20.1. The maximum absolute atomic E-state index is 13.0. The molecule has 4 rings (SSSR count). The van der Waals surface area contributed by atoms with E-state index in [1.54, 1.807) is 30.3 Å². The van der Waals surface area contributed by atoms with Gasteiger partial charge in [0.15, 0.2) is 0 Å². The fourth-order valence-corrected chi connectivity index (χ4v) is 4.11. The number of ether oxygens (including phenoxy) is 1. The number of hydrogen-bond acceptors (Lipinski definition) is 7. The third-order valence-corrected chi connectivity index (χ3v) is 6.16. The van der Waals surface area contributed by atoms with Crippen molar-refractivity contribution < 1.29 is 32.9 Å². The van der Waals surface area contributed by atoms with Crippen LogP contribution in [0.4, 0.5) is 24.7 Å². The molecular weight excluding hydrogens is 489 g/mol. The van der Waals surface area contributed by atoms with Gasteiger partial charge in [0.05, 0.1) is 12.3 Å². The topological polar surface area (TPSA) is 117 Å². The first-order chi connectivity index (χ1) is 17.6. The van der Waals surface area contributed by atoms with E-state index in [-0.39, 0.29) is 18.7 Å². The molecule has 1 aromatic carbocycles. The lowest BCUT2D eigenvalue weighted by atomic mass is 9.88. The van der Waals surface area contributed by atoms with Crippen LogP contribution in [-0.2, 0) is 16.5 Å². The summed E-state index contributed by atoms with van der Waals surface area (Å²) in [5.41, 5.74) is 0.641. The summed E-state index contributed by atoms with van der Waals surface area (Å²) in [6, 6.07) is 10.6. The molecule has 0 saturated carbocycles. The van der Waals surface area contributed by atoms with Gasteiger partial charge in [-0.25, -0.2) is 4.98 Å². The Morgan fingerprint density at radius 1 is 1.14 bits per heavy atom. The molecule has 8 nitrogen and oxygen atoms in total. The minimum Gasteiger partial charge on any atom is -0.395 e. The van der Waals surface area contributed by atoms with Crippen LogP contribution in [0.15, 0.2) is 48.7 Å². The van der Waals surface area contributed by atoms with E-state index in [9.17, 15) is 28.2 Å². The van der Waals surface area contributed by atoms with Crippen LogP contribution in [0, 0.1) is 6.92 Å². The molecule has 3 aromatic rings. The van der Waals surface area contributed by atoms with E-state index in [0.717, 1.165) is 17.3 Å². The lowest BCUT2D eigenvalue weighted by Crippen LogP contribution is -2.34. The third kappa shape index (κ3) is 6.24. The number of rotatable bonds is 7. The van der Waals surface area contributed by atoms with Crippen LogP contribution in [0.1, 0.15) is 40.2 Å². The summed E-state index contributed by atoms with van der Waals surface area (Å²) >= 11 is 0. The third-order valence-electron chi connectivity index (χ3n) is 6.16. The van der Waals surface area contributed by atoms with Gasteiger partial charge >= 0.3 is 6.18 Å². The van der Waals surface area contributed by atoms with E-state index < -0.39 is 23.4 Å². The number of amides is 1. The van der Waals surface area contributed by atoms with Crippen LogP contribution in [0.5, 0.6) is 0 Å². The van der Waals surface area contributed by atoms with Crippen molar-refractivity contribution in [1.29, 1.82) is 0 Å². The molecule has 0 atom stereocenters. The maximum atomic E-state index is 13.0. The van der Waals surface area contributed by atoms with E-state index >= 15 is 0 Å². The number of aryl methyl sites for hydroxylation is 1. The number of aliphatic hydroxyl groups excluding tert-OH is 1. The lowest BCUT2D eigenvalue weighted by molar-refractivity contribution is -0.141. The molecule has 196 valence electrons. The molecule has 1 saturated heterocycles. The molecule has 0 radical (unpaired) electrons. The smallest absolute Gasteiger partial charge is 0.395 e. The number of carbonyl (C=O) groups excluding carboxylic acids is 1. The number of halogens is 3. The molecule has 0 spiro atoms. The largest absolute Gasteiger partial charge is 0.433 e. The highest BCUT2D eigenvalue weighted by atomic mass is 19.4. The van der Waals surface area contributed by atoms with E-state index in [1.165, 1.54) is 6.07 Å². The molecule has 1 aliphatic rings. The van der Waals surface area contributed by atoms with E-state index in [0.29, 0.717) is 54.9 Å². The zero-order chi connectivity index (χ0) is 26.6. The second-order valence-electron chi connectivity index (χ2n) is 8.83. The SMILES string of the molecule is Cc1ccc(NC(=O)c2ccnc(C(F)(F)F)c2)cc1-c1cc(NCCO)nc(C2(O)CCOCC2)c1. The van der Waals surface area contributed by atoms with Crippen molar-refractivity contribution in [3.63, 3.8) is 0 Å². The van der Waals surface area contributed by atoms with Crippen LogP contribution >= 0.6 is 0 Å². The molecule has 37 heavy (non-hydrogen) atoms. The average Bonchev–Trinajstić information content (AvgIpc) is 2.88. The van der Waals surface area contributed by atoms with Gasteiger partial charge in [-0.2, -0.15) is 13.2 Å². The Hall–Kier alpha value is -3.54. The molecule has 3 heterocycles. The first kappa shape index (κ1) is 26.5. The van der Waals surface area contributed by atoms with Crippen molar-refractivity contribution in [2.75, 3.05) is 37.0 Å². The summed E-state index contributed by atoms with van der Waals surface area (Å²) in [5, 5.41) is 26.2. The van der Waals surface area contributed by atoms with Crippen molar-refractivity contribution in [1.82, 2.24) is 9.97 Å². The first-order valence-corrected chi connectivity index (χ1v) is 11.7. The minimum atomic E-state index is -4.66. The molecule has 1 amide bonds. The van der Waals surface area contributed by atoms with Gasteiger partial charge in [0.2, 0.25) is 0 Å². The molecule has 1 fully saturated rings. The highest BCUT2D eigenvalue weighted by Crippen LogP contribution is 2.36. The number of hydrogen-bond donors (Lipinski definition) is 4. The van der Waals surface area contributed by atoms with Crippen LogP contribution in [0.2, 0.25) is 0 Å². The predicted molar refractivity (Wildman–Crippen MR) is 131 cm³/mol. The fourth-order valence-electron chi connectivity index (χ4n) is 4.11. The predicted octanol–water partition coefficient (Wildman–Crippen LogP) is 4.13. The Morgan fingerprint density at radius 2 is 1.89 bits per heavy atom. The van der Waals surface area contributed by atoms with Crippen molar-refractivity contribution in [2.45, 2.75) is 31.5 Å². The lowest BCUT2D eigenvalue weighted by Gasteiger charge is -2.32. The van der Waals surface area contributed by atoms with Gasteiger partial charge < -0.3 is 25.6 Å². The molecule has 1 aliphatic heterocycles. The summed E-state index contributed by atoms with van der Waals surface area (Å²) in [7, 11) is 0. The van der Waals surface area contributed by atoms with Gasteiger partial charge in [0.1, 0.15) is 17.1 Å². The fraction of sp³-hybridized carbons (Fsp3) is 0.346. The van der Waals surface area contributed by atoms with Crippen LogP contribution in [-0.4, -0.2) is 52.5 Å². The highest BCUT2D eigenvalue weighted by molar-refractivity contribution is 6.04. The average molecular weight is 517 g/mol. The van der Waals surface area contributed by atoms with Gasteiger partial charge in [-0.15, -0.1) is 0 Å². The molecule has 0 bridgehead atoms. The van der Waals surface area contributed by atoms with E-state index in [2.05, 4.69) is 20.6 Å². The minimum absolute atomic E-state index is 0.106. The number of alkyl halides is 3. The van der Waals surface area contributed by atoms with Crippen molar-refractivity contribution in [3.8, 4) is 11.1 Å². The number of benzene rings is 1. The Bertz CT molecular complexity index is 1280. The second-order valence-corrected chi connectivity index (χ2v) is 8.83. The monoisotopic (exact) mass is 516 g/mol. The summed E-state index contributed by atoms with van der Waals surface area (Å²) in [6.07, 6.45) is -2.96. The Balaban J connectivity index is 1.67. The normalized spacial score (nSPS) is 15.3. The van der Waals surface area contributed by atoms with Crippen molar-refractivity contribution in [3.05, 3.63) is 71.2 Å². The van der Waals surface area contributed by atoms with Gasteiger partial charge in [0.25, 0.3) is 5.91 Å². The maximum Gasteiger partial charge on any atom is 0.433 e. The molecule has 0 unspecified atom stereocenters. The van der Waals surface area contributed by atoms with Gasteiger partial charge in [0, 0.05) is 50.0 Å². The summed E-state index contributed by atoms with van der Waals surface area (Å²) < 4.78 is 44.4. The number of aliphatic hydroxyl groups is 2. The van der Waals surface area contributed by atoms with E-state index in [1.807, 2.05) is 6.92 Å². The van der Waals surface area contributed by atoms with Gasteiger partial charge in [-0.3, -0.25) is 9.78 Å². The van der Waals surface area contributed by atoms with Crippen LogP contribution in [0.3, 0.4) is 0 Å². The molecule has 4 N–H and O–H groups in total. The number of anilines is 2. The molecule has 11 heteroatoms. The Kier molecular flexibility index (Phi) is 7.76. The summed E-state index contributed by atoms with van der Waals surface area (Å²) in [5.74, 6) is -0.244. The van der Waals surface area contributed by atoms with E-state index in [4.69, 9.17) is 4.74 Å². The summed E-state index contributed by atoms with van der Waals surface area (Å²) in [6.45, 7) is 2.83. The van der Waals surface area contributed by atoms with Crippen LogP contribution in [0.25, 0.3) is 11.1 Å². The summed E-state index contributed by atoms with van der Waals surface area (Å²) in [4.78, 5) is 20.6. The number of aromatic nitrogens is 2. The molecule has 0 aliphatic carbocycles. The quantitative estimate of drug-likeness (QED) is 0.373. The number of carbonyl (C=O) groups is 1. The number of pyridine rings is 2. The zero-order valence-electron chi connectivity index (χ0n) is 20.1. The van der Waals surface area contributed by atoms with Gasteiger partial charge in [-0.05, 0) is 60.0 Å². The first-order valence-electron chi connectivity index (χ1n) is 11.7.